The summed E-state index contributed by atoms with van der Waals surface area (Å²) in [5.74, 6) is 0.329. The monoisotopic (exact) mass is 326 g/mol. The molecule has 5 heteroatoms. The summed E-state index contributed by atoms with van der Waals surface area (Å²) >= 11 is 12.2. The van der Waals surface area contributed by atoms with Crippen LogP contribution in [-0.4, -0.2) is 29.9 Å². The molecule has 1 aromatic carbocycles. The second kappa shape index (κ2) is 5.79. The second-order valence-corrected chi connectivity index (χ2v) is 7.02. The van der Waals surface area contributed by atoms with E-state index in [2.05, 4.69) is 5.32 Å². The number of carbonyl (C=O) groups is 1. The molecule has 114 valence electrons. The molecule has 21 heavy (non-hydrogen) atoms. The fourth-order valence-corrected chi connectivity index (χ4v) is 4.16. The van der Waals surface area contributed by atoms with Crippen molar-refractivity contribution in [2.24, 2.45) is 5.92 Å². The molecule has 0 saturated carbocycles. The van der Waals surface area contributed by atoms with Crippen LogP contribution < -0.4 is 5.32 Å². The molecule has 2 fully saturated rings. The molecule has 1 aromatic rings. The third-order valence-electron chi connectivity index (χ3n) is 4.96. The van der Waals surface area contributed by atoms with Gasteiger partial charge in [-0.15, -0.1) is 0 Å². The highest BCUT2D eigenvalue weighted by Crippen LogP contribution is 2.36. The van der Waals surface area contributed by atoms with Gasteiger partial charge in [0, 0.05) is 29.2 Å². The molecule has 4 unspecified atom stereocenters. The lowest BCUT2D eigenvalue weighted by Gasteiger charge is -2.31. The average molecular weight is 327 g/mol. The van der Waals surface area contributed by atoms with Crippen LogP contribution in [0.3, 0.4) is 0 Å². The van der Waals surface area contributed by atoms with Crippen molar-refractivity contribution < 1.29 is 4.79 Å². The van der Waals surface area contributed by atoms with Gasteiger partial charge in [0.05, 0.1) is 12.0 Å². The van der Waals surface area contributed by atoms with E-state index in [4.69, 9.17) is 23.2 Å². The van der Waals surface area contributed by atoms with Crippen molar-refractivity contribution in [3.8, 4) is 0 Å². The average Bonchev–Trinajstić information content (AvgIpc) is 3.07. The molecular weight excluding hydrogens is 307 g/mol. The van der Waals surface area contributed by atoms with Gasteiger partial charge in [-0.2, -0.15) is 0 Å². The number of fused-ring (bicyclic) bond motifs is 2. The van der Waals surface area contributed by atoms with Crippen molar-refractivity contribution in [3.05, 3.63) is 33.8 Å². The van der Waals surface area contributed by atoms with Gasteiger partial charge in [-0.05, 0) is 43.9 Å². The Morgan fingerprint density at radius 1 is 1.38 bits per heavy atom. The van der Waals surface area contributed by atoms with E-state index in [0.717, 1.165) is 18.4 Å². The first-order chi connectivity index (χ1) is 9.97. The van der Waals surface area contributed by atoms with Gasteiger partial charge < -0.3 is 10.2 Å². The van der Waals surface area contributed by atoms with Crippen molar-refractivity contribution in [2.45, 2.75) is 44.3 Å². The first-order valence-corrected chi connectivity index (χ1v) is 8.20. The molecule has 2 heterocycles. The number of hydrogen-bond acceptors (Lipinski definition) is 2. The van der Waals surface area contributed by atoms with E-state index in [1.54, 1.807) is 6.07 Å². The summed E-state index contributed by atoms with van der Waals surface area (Å²) in [5.41, 5.74) is 0.938. The van der Waals surface area contributed by atoms with Crippen LogP contribution in [0.5, 0.6) is 0 Å². The third kappa shape index (κ3) is 2.79. The van der Waals surface area contributed by atoms with Gasteiger partial charge in [0.1, 0.15) is 0 Å². The molecular formula is C16H20Cl2N2O. The number of amides is 1. The van der Waals surface area contributed by atoms with E-state index in [9.17, 15) is 4.79 Å². The number of benzene rings is 1. The lowest BCUT2D eigenvalue weighted by atomic mass is 9.87. The van der Waals surface area contributed by atoms with Crippen molar-refractivity contribution in [2.75, 3.05) is 7.05 Å². The van der Waals surface area contributed by atoms with E-state index >= 15 is 0 Å². The van der Waals surface area contributed by atoms with Crippen LogP contribution >= 0.6 is 23.2 Å². The molecule has 0 aliphatic carbocycles. The van der Waals surface area contributed by atoms with Gasteiger partial charge in [0.2, 0.25) is 5.91 Å². The Hall–Kier alpha value is -0.770. The first kappa shape index (κ1) is 15.1. The van der Waals surface area contributed by atoms with Crippen molar-refractivity contribution in [3.63, 3.8) is 0 Å². The van der Waals surface area contributed by atoms with E-state index in [1.807, 2.05) is 31.0 Å². The minimum absolute atomic E-state index is 0.0543. The maximum Gasteiger partial charge on any atom is 0.227 e. The highest BCUT2D eigenvalue weighted by Gasteiger charge is 2.44. The summed E-state index contributed by atoms with van der Waals surface area (Å²) < 4.78 is 0. The zero-order chi connectivity index (χ0) is 15.1. The quantitative estimate of drug-likeness (QED) is 0.919. The normalized spacial score (nSPS) is 28.7. The van der Waals surface area contributed by atoms with E-state index in [0.29, 0.717) is 22.1 Å². The van der Waals surface area contributed by atoms with Crippen molar-refractivity contribution in [1.82, 2.24) is 10.2 Å². The van der Waals surface area contributed by atoms with Gasteiger partial charge >= 0.3 is 0 Å². The number of nitrogens with zero attached hydrogens (tertiary/aromatic N) is 1. The SMILES string of the molecule is CC(c1ccc(Cl)cc1Cl)N(C)C(=O)C1CC2CCC1N2. The molecule has 3 rings (SSSR count). The Balaban J connectivity index is 1.74. The number of carbonyl (C=O) groups excluding carboxylic acids is 1. The number of hydrogen-bond donors (Lipinski definition) is 1. The van der Waals surface area contributed by atoms with Gasteiger partial charge in [-0.25, -0.2) is 0 Å². The van der Waals surface area contributed by atoms with E-state index in [-0.39, 0.29) is 17.9 Å². The molecule has 2 saturated heterocycles. The summed E-state index contributed by atoms with van der Waals surface area (Å²) in [6, 6.07) is 6.28. The minimum Gasteiger partial charge on any atom is -0.339 e. The number of halogens is 2. The largest absolute Gasteiger partial charge is 0.339 e. The Morgan fingerprint density at radius 3 is 2.71 bits per heavy atom. The van der Waals surface area contributed by atoms with Gasteiger partial charge in [0.25, 0.3) is 0 Å². The van der Waals surface area contributed by atoms with Crippen LogP contribution in [0.4, 0.5) is 0 Å². The molecule has 2 bridgehead atoms. The molecule has 1 amide bonds. The maximum atomic E-state index is 12.7. The van der Waals surface area contributed by atoms with E-state index in [1.165, 1.54) is 6.42 Å². The van der Waals surface area contributed by atoms with Gasteiger partial charge in [0.15, 0.2) is 0 Å². The Labute approximate surface area is 135 Å². The first-order valence-electron chi connectivity index (χ1n) is 7.45. The minimum atomic E-state index is -0.0543. The van der Waals surface area contributed by atoms with Crippen LogP contribution in [0.2, 0.25) is 10.0 Å². The predicted molar refractivity (Wildman–Crippen MR) is 85.7 cm³/mol. The number of nitrogens with one attached hydrogen (secondary N) is 1. The fraction of sp³-hybridized carbons (Fsp3) is 0.562. The number of rotatable bonds is 3. The zero-order valence-corrected chi connectivity index (χ0v) is 13.8. The van der Waals surface area contributed by atoms with Crippen LogP contribution in [0.1, 0.15) is 37.8 Å². The summed E-state index contributed by atoms with van der Waals surface area (Å²) in [6.45, 7) is 2.01. The van der Waals surface area contributed by atoms with Crippen LogP contribution in [-0.2, 0) is 4.79 Å². The topological polar surface area (TPSA) is 32.3 Å². The van der Waals surface area contributed by atoms with Crippen LogP contribution in [0.15, 0.2) is 18.2 Å². The molecule has 3 nitrogen and oxygen atoms in total. The summed E-state index contributed by atoms with van der Waals surface area (Å²) in [4.78, 5) is 14.6. The van der Waals surface area contributed by atoms with Crippen LogP contribution in [0.25, 0.3) is 0 Å². The molecule has 0 radical (unpaired) electrons. The predicted octanol–water partition coefficient (Wildman–Crippen LogP) is 3.65. The lowest BCUT2D eigenvalue weighted by molar-refractivity contribution is -0.136. The summed E-state index contributed by atoms with van der Waals surface area (Å²) in [7, 11) is 1.87. The smallest absolute Gasteiger partial charge is 0.227 e. The summed E-state index contributed by atoms with van der Waals surface area (Å²) in [5, 5.41) is 4.75. The highest BCUT2D eigenvalue weighted by atomic mass is 35.5. The van der Waals surface area contributed by atoms with Crippen molar-refractivity contribution >= 4 is 29.1 Å². The highest BCUT2D eigenvalue weighted by molar-refractivity contribution is 6.35. The Kier molecular flexibility index (Phi) is 4.17. The summed E-state index contributed by atoms with van der Waals surface area (Å²) in [6.07, 6.45) is 3.29. The van der Waals surface area contributed by atoms with Gasteiger partial charge in [-0.3, -0.25) is 4.79 Å². The third-order valence-corrected chi connectivity index (χ3v) is 5.52. The van der Waals surface area contributed by atoms with Gasteiger partial charge in [-0.1, -0.05) is 29.3 Å². The lowest BCUT2D eigenvalue weighted by Crippen LogP contribution is -2.40. The standard InChI is InChI=1S/C16H20Cl2N2O/c1-9(12-5-3-10(17)7-14(12)18)20(2)16(21)13-8-11-4-6-15(13)19-11/h3,5,7,9,11,13,15,19H,4,6,8H2,1-2H3. The molecule has 2 aliphatic rings. The molecule has 0 aromatic heterocycles. The van der Waals surface area contributed by atoms with E-state index < -0.39 is 0 Å². The molecule has 2 aliphatic heterocycles. The van der Waals surface area contributed by atoms with Crippen molar-refractivity contribution in [1.29, 1.82) is 0 Å². The maximum absolute atomic E-state index is 12.7. The fourth-order valence-electron chi connectivity index (χ4n) is 3.60. The Bertz CT molecular complexity index is 563. The zero-order valence-electron chi connectivity index (χ0n) is 12.3. The molecule has 4 atom stereocenters. The second-order valence-electron chi connectivity index (χ2n) is 6.18. The van der Waals surface area contributed by atoms with Crippen LogP contribution in [0, 0.1) is 5.92 Å². The molecule has 1 N–H and O–H groups in total. The molecule has 0 spiro atoms. The Morgan fingerprint density at radius 2 is 2.14 bits per heavy atom.